The van der Waals surface area contributed by atoms with E-state index in [9.17, 15) is 20.1 Å². The van der Waals surface area contributed by atoms with Crippen molar-refractivity contribution in [3.05, 3.63) is 118 Å². The van der Waals surface area contributed by atoms with E-state index < -0.39 is 22.8 Å². The fourth-order valence-corrected chi connectivity index (χ4v) is 8.02. The molecule has 1 saturated heterocycles. The molecule has 0 bridgehead atoms. The summed E-state index contributed by atoms with van der Waals surface area (Å²) in [5.74, 6) is -0.994. The molecule has 1 atom stereocenters. The summed E-state index contributed by atoms with van der Waals surface area (Å²) in [5, 5.41) is 19.4. The highest BCUT2D eigenvalue weighted by Gasteiger charge is 2.36. The lowest BCUT2D eigenvalue weighted by molar-refractivity contribution is -0.0272. The number of thiophene rings is 1. The van der Waals surface area contributed by atoms with Crippen LogP contribution in [0, 0.1) is 11.6 Å². The van der Waals surface area contributed by atoms with E-state index in [0.29, 0.717) is 54.6 Å². The number of halogens is 2. The third-order valence-electron chi connectivity index (χ3n) is 9.63. The van der Waals surface area contributed by atoms with Gasteiger partial charge in [-0.2, -0.15) is 5.10 Å². The van der Waals surface area contributed by atoms with Crippen LogP contribution in [-0.2, 0) is 18.7 Å². The van der Waals surface area contributed by atoms with Gasteiger partial charge >= 0.3 is 0 Å². The molecule has 52 heavy (non-hydrogen) atoms. The summed E-state index contributed by atoms with van der Waals surface area (Å²) in [6.07, 6.45) is 4.25. The van der Waals surface area contributed by atoms with Crippen molar-refractivity contribution in [2.45, 2.75) is 37.6 Å². The maximum Gasteiger partial charge on any atom is 0.298 e. The van der Waals surface area contributed by atoms with Crippen LogP contribution in [0.2, 0.25) is 0 Å². The Morgan fingerprint density at radius 2 is 1.88 bits per heavy atom. The number of anilines is 3. The van der Waals surface area contributed by atoms with E-state index in [1.807, 2.05) is 42.5 Å². The molecular formula is C37H37F2N9O3S. The number of β-amino-alcohol motifs (C(OH)–C–C–N with tert-alkyl or cyclic N) is 1. The number of para-hydroxylation sites is 1. The van der Waals surface area contributed by atoms with Crippen molar-refractivity contribution < 1.29 is 20.0 Å². The standard InChI is InChI=1S/C37H37F2N9O3S/c38-24-6-8-29(30(39)16-24)37(50,21-46-23-41-22-43-46)20-45-12-10-25(11-13-45)42-19-28-18-32-35(52-28)44-34(40)36(49)48(32)27-7-9-33-31(17-27)47(14-15-51-33)26-4-2-1-3-5-26/h1-9,16-18,22-23,25,42,50H,10-15,19-21H2,(H2,40,44)/i18D. The number of benzene rings is 3. The first-order valence-electron chi connectivity index (χ1n) is 17.5. The minimum atomic E-state index is -1.68. The first-order chi connectivity index (χ1) is 25.7. The summed E-state index contributed by atoms with van der Waals surface area (Å²) in [6, 6.07) is 19.0. The Morgan fingerprint density at radius 3 is 2.65 bits per heavy atom. The van der Waals surface area contributed by atoms with E-state index in [1.54, 1.807) is 6.07 Å². The summed E-state index contributed by atoms with van der Waals surface area (Å²) in [5.41, 5.74) is 6.73. The Bertz CT molecular complexity index is 2320. The van der Waals surface area contributed by atoms with Crippen LogP contribution in [0.3, 0.4) is 0 Å². The van der Waals surface area contributed by atoms with Gasteiger partial charge < -0.3 is 25.8 Å². The van der Waals surface area contributed by atoms with Crippen LogP contribution >= 0.6 is 11.3 Å². The summed E-state index contributed by atoms with van der Waals surface area (Å²) in [4.78, 5) is 27.3. The quantitative estimate of drug-likeness (QED) is 0.184. The second-order valence-corrected chi connectivity index (χ2v) is 14.2. The number of piperidine rings is 1. The van der Waals surface area contributed by atoms with Gasteiger partial charge in [-0.1, -0.05) is 24.3 Å². The molecule has 0 saturated carbocycles. The molecule has 15 heteroatoms. The van der Waals surface area contributed by atoms with Gasteiger partial charge in [0.1, 0.15) is 47.1 Å². The number of nitrogens with zero attached hydrogens (tertiary/aromatic N) is 7. The van der Waals surface area contributed by atoms with Crippen molar-refractivity contribution in [1.29, 1.82) is 0 Å². The highest BCUT2D eigenvalue weighted by molar-refractivity contribution is 7.18. The lowest BCUT2D eigenvalue weighted by Gasteiger charge is -2.38. The van der Waals surface area contributed by atoms with E-state index in [0.717, 1.165) is 41.2 Å². The summed E-state index contributed by atoms with van der Waals surface area (Å²) < 4.78 is 46.7. The molecule has 0 radical (unpaired) electrons. The average molecular weight is 727 g/mol. The van der Waals surface area contributed by atoms with E-state index >= 15 is 0 Å². The Balaban J connectivity index is 0.991. The second-order valence-electron chi connectivity index (χ2n) is 13.1. The number of aromatic nitrogens is 5. The fourth-order valence-electron chi connectivity index (χ4n) is 7.10. The molecule has 1 fully saturated rings. The van der Waals surface area contributed by atoms with Gasteiger partial charge in [-0.05, 0) is 68.4 Å². The number of aliphatic hydroxyl groups is 1. The molecule has 1 unspecified atom stereocenters. The van der Waals surface area contributed by atoms with Crippen molar-refractivity contribution in [2.24, 2.45) is 0 Å². The first-order valence-corrected chi connectivity index (χ1v) is 17.8. The van der Waals surface area contributed by atoms with Crippen molar-refractivity contribution in [3.63, 3.8) is 0 Å². The molecule has 3 aromatic carbocycles. The second kappa shape index (κ2) is 14.1. The van der Waals surface area contributed by atoms with Crippen LogP contribution in [0.15, 0.2) is 90.2 Å². The molecular weight excluding hydrogens is 689 g/mol. The van der Waals surface area contributed by atoms with Crippen LogP contribution in [0.1, 0.15) is 24.7 Å². The number of rotatable bonds is 10. The van der Waals surface area contributed by atoms with E-state index in [4.69, 9.17) is 10.5 Å². The maximum atomic E-state index is 14.9. The number of hydrogen-bond acceptors (Lipinski definition) is 11. The normalized spacial score (nSPS) is 16.8. The summed E-state index contributed by atoms with van der Waals surface area (Å²) in [7, 11) is 0. The molecule has 0 spiro atoms. The third-order valence-corrected chi connectivity index (χ3v) is 10.6. The number of nitrogens with two attached hydrogens (primary N) is 1. The van der Waals surface area contributed by atoms with Crippen LogP contribution in [0.5, 0.6) is 5.75 Å². The molecule has 8 rings (SSSR count). The molecule has 268 valence electrons. The van der Waals surface area contributed by atoms with Gasteiger partial charge in [0.2, 0.25) is 0 Å². The zero-order valence-corrected chi connectivity index (χ0v) is 28.9. The zero-order chi connectivity index (χ0) is 36.7. The van der Waals surface area contributed by atoms with Crippen molar-refractivity contribution in [2.75, 3.05) is 43.4 Å². The minimum Gasteiger partial charge on any atom is -0.490 e. The van der Waals surface area contributed by atoms with Crippen molar-refractivity contribution in [1.82, 2.24) is 34.5 Å². The summed E-state index contributed by atoms with van der Waals surface area (Å²) in [6.45, 7) is 2.82. The summed E-state index contributed by atoms with van der Waals surface area (Å²) >= 11 is 1.33. The van der Waals surface area contributed by atoms with Crippen LogP contribution in [0.25, 0.3) is 16.0 Å². The number of nitrogens with one attached hydrogen (secondary N) is 1. The SMILES string of the molecule is [2H]c1c(CNC2CCN(CC(O)(Cn3cncn3)c3ccc(F)cc3F)CC2)sc2nc(N)c(=O)n(-c3ccc4c(c3)N(c3ccccc3)CCO4)c12. The predicted octanol–water partition coefficient (Wildman–Crippen LogP) is 4.57. The van der Waals surface area contributed by atoms with Crippen LogP contribution < -0.4 is 26.2 Å². The lowest BCUT2D eigenvalue weighted by atomic mass is 9.91. The maximum absolute atomic E-state index is 14.9. The molecule has 12 nitrogen and oxygen atoms in total. The number of ether oxygens (including phenoxy) is 1. The van der Waals surface area contributed by atoms with Crippen LogP contribution in [0.4, 0.5) is 26.0 Å². The number of hydrogen-bond donors (Lipinski definition) is 3. The average Bonchev–Trinajstić information content (AvgIpc) is 3.78. The van der Waals surface area contributed by atoms with Crippen molar-refractivity contribution >= 4 is 38.9 Å². The van der Waals surface area contributed by atoms with Gasteiger partial charge in [-0.15, -0.1) is 11.3 Å². The molecule has 3 aromatic heterocycles. The van der Waals surface area contributed by atoms with Gasteiger partial charge in [0.15, 0.2) is 5.82 Å². The fraction of sp³-hybridized carbons (Fsp3) is 0.297. The van der Waals surface area contributed by atoms with E-state index in [-0.39, 0.29) is 36.6 Å². The Hall–Kier alpha value is -5.22. The van der Waals surface area contributed by atoms with Crippen LogP contribution in [-0.4, -0.2) is 73.1 Å². The van der Waals surface area contributed by atoms with E-state index in [1.165, 1.54) is 39.3 Å². The first kappa shape index (κ1) is 32.7. The van der Waals surface area contributed by atoms with Gasteiger partial charge in [0.25, 0.3) is 5.56 Å². The van der Waals surface area contributed by atoms with E-state index in [2.05, 4.69) is 30.2 Å². The lowest BCUT2D eigenvalue weighted by Crippen LogP contribution is -2.49. The Kier molecular flexibility index (Phi) is 8.84. The molecule has 2 aliphatic rings. The molecule has 2 aliphatic heterocycles. The minimum absolute atomic E-state index is 0.00708. The van der Waals surface area contributed by atoms with Gasteiger partial charge in [-0.25, -0.2) is 23.4 Å². The molecule has 4 N–H and O–H groups in total. The Labute approximate surface area is 303 Å². The highest BCUT2D eigenvalue weighted by atomic mass is 32.1. The monoisotopic (exact) mass is 726 g/mol. The number of likely N-dealkylation sites (tertiary alicyclic amines) is 1. The largest absolute Gasteiger partial charge is 0.490 e. The molecule has 5 heterocycles. The smallest absolute Gasteiger partial charge is 0.298 e. The van der Waals surface area contributed by atoms with Gasteiger partial charge in [-0.3, -0.25) is 14.3 Å². The molecule has 0 amide bonds. The predicted molar refractivity (Wildman–Crippen MR) is 195 cm³/mol. The highest BCUT2D eigenvalue weighted by Crippen LogP contribution is 2.39. The number of nitrogen functional groups attached to an aromatic ring is 1. The molecule has 0 aliphatic carbocycles. The van der Waals surface area contributed by atoms with Gasteiger partial charge in [0, 0.05) is 41.3 Å². The van der Waals surface area contributed by atoms with Crippen molar-refractivity contribution in [3.8, 4) is 11.4 Å². The Morgan fingerprint density at radius 1 is 1.06 bits per heavy atom. The topological polar surface area (TPSA) is 140 Å². The third kappa shape index (κ3) is 6.75. The van der Waals surface area contributed by atoms with Gasteiger partial charge in [0.05, 0.1) is 31.4 Å². The number of fused-ring (bicyclic) bond motifs is 2. The zero-order valence-electron chi connectivity index (χ0n) is 29.1. The molecule has 6 aromatic rings.